The third-order valence-electron chi connectivity index (χ3n) is 1.68. The fourth-order valence-electron chi connectivity index (χ4n) is 1.15. The van der Waals surface area contributed by atoms with Crippen LogP contribution in [0.2, 0.25) is 0 Å². The molecule has 1 radical (unpaired) electrons. The average molecular weight is 177 g/mol. The van der Waals surface area contributed by atoms with Gasteiger partial charge in [-0.25, -0.2) is 0 Å². The Labute approximate surface area is 75.6 Å². The molecule has 2 aromatic rings. The Kier molecular flexibility index (Phi) is 2.00. The van der Waals surface area contributed by atoms with E-state index < -0.39 is 0 Å². The summed E-state index contributed by atoms with van der Waals surface area (Å²) in [4.78, 5) is 0. The molecular weight excluding hydrogens is 168 g/mol. The summed E-state index contributed by atoms with van der Waals surface area (Å²) in [6.45, 7) is 2.71. The molecule has 2 rings (SSSR count). The molecule has 0 aliphatic rings. The van der Waals surface area contributed by atoms with E-state index in [0.29, 0.717) is 0 Å². The SMILES string of the molecule is CCOc1ccc2s[c]cc2c1. The Morgan fingerprint density at radius 3 is 3.25 bits per heavy atom. The Balaban J connectivity index is 2.46. The molecule has 0 bridgehead atoms. The van der Waals surface area contributed by atoms with E-state index in [9.17, 15) is 0 Å². The largest absolute Gasteiger partial charge is 0.494 e. The lowest BCUT2D eigenvalue weighted by molar-refractivity contribution is 0.341. The van der Waals surface area contributed by atoms with Gasteiger partial charge in [-0.1, -0.05) is 0 Å². The van der Waals surface area contributed by atoms with Crippen LogP contribution in [0.1, 0.15) is 6.92 Å². The van der Waals surface area contributed by atoms with Gasteiger partial charge < -0.3 is 4.74 Å². The van der Waals surface area contributed by atoms with Crippen molar-refractivity contribution in [2.45, 2.75) is 6.92 Å². The van der Waals surface area contributed by atoms with E-state index in [4.69, 9.17) is 4.74 Å². The number of ether oxygens (including phenoxy) is 1. The number of hydrogen-bond acceptors (Lipinski definition) is 2. The molecule has 0 aliphatic heterocycles. The van der Waals surface area contributed by atoms with E-state index in [1.165, 1.54) is 10.1 Å². The molecule has 0 aliphatic carbocycles. The molecule has 1 aromatic heterocycles. The Morgan fingerprint density at radius 2 is 2.42 bits per heavy atom. The molecule has 0 atom stereocenters. The highest BCUT2D eigenvalue weighted by molar-refractivity contribution is 7.16. The second kappa shape index (κ2) is 3.15. The molecule has 2 heteroatoms. The highest BCUT2D eigenvalue weighted by Gasteiger charge is 1.96. The van der Waals surface area contributed by atoms with Gasteiger partial charge in [-0.3, -0.25) is 0 Å². The van der Waals surface area contributed by atoms with Crippen LogP contribution in [0.15, 0.2) is 24.3 Å². The molecule has 1 aromatic carbocycles. The highest BCUT2D eigenvalue weighted by atomic mass is 32.1. The zero-order valence-corrected chi connectivity index (χ0v) is 7.65. The van der Waals surface area contributed by atoms with Crippen molar-refractivity contribution < 1.29 is 4.74 Å². The maximum absolute atomic E-state index is 5.37. The number of hydrogen-bond donors (Lipinski definition) is 0. The fraction of sp³-hybridized carbons (Fsp3) is 0.200. The summed E-state index contributed by atoms with van der Waals surface area (Å²) < 4.78 is 6.64. The molecular formula is C10H9OS. The van der Waals surface area contributed by atoms with E-state index in [0.717, 1.165) is 12.4 Å². The van der Waals surface area contributed by atoms with E-state index >= 15 is 0 Å². The number of benzene rings is 1. The number of fused-ring (bicyclic) bond motifs is 1. The van der Waals surface area contributed by atoms with Gasteiger partial charge in [0.15, 0.2) is 0 Å². The van der Waals surface area contributed by atoms with Crippen molar-refractivity contribution in [1.29, 1.82) is 0 Å². The first kappa shape index (κ1) is 7.62. The highest BCUT2D eigenvalue weighted by Crippen LogP contribution is 2.24. The van der Waals surface area contributed by atoms with Gasteiger partial charge in [0.1, 0.15) is 5.75 Å². The van der Waals surface area contributed by atoms with E-state index in [2.05, 4.69) is 11.4 Å². The fourth-order valence-corrected chi connectivity index (χ4v) is 1.83. The van der Waals surface area contributed by atoms with Crippen molar-refractivity contribution in [1.82, 2.24) is 0 Å². The third-order valence-corrected chi connectivity index (χ3v) is 2.50. The molecule has 0 unspecified atom stereocenters. The number of rotatable bonds is 2. The first-order chi connectivity index (χ1) is 5.90. The summed E-state index contributed by atoms with van der Waals surface area (Å²) in [6, 6.07) is 8.10. The molecule has 61 valence electrons. The van der Waals surface area contributed by atoms with Crippen molar-refractivity contribution in [2.75, 3.05) is 6.61 Å². The van der Waals surface area contributed by atoms with Gasteiger partial charge in [0, 0.05) is 10.1 Å². The van der Waals surface area contributed by atoms with Crippen LogP contribution in [-0.4, -0.2) is 6.61 Å². The summed E-state index contributed by atoms with van der Waals surface area (Å²) in [6.07, 6.45) is 0. The summed E-state index contributed by atoms with van der Waals surface area (Å²) in [5, 5.41) is 4.31. The van der Waals surface area contributed by atoms with E-state index in [1.807, 2.05) is 25.1 Å². The molecule has 0 N–H and O–H groups in total. The Morgan fingerprint density at radius 1 is 1.50 bits per heavy atom. The zero-order chi connectivity index (χ0) is 8.39. The van der Waals surface area contributed by atoms with Crippen LogP contribution in [-0.2, 0) is 0 Å². The molecule has 12 heavy (non-hydrogen) atoms. The molecule has 0 saturated heterocycles. The van der Waals surface area contributed by atoms with Crippen LogP contribution in [0.5, 0.6) is 5.75 Å². The maximum atomic E-state index is 5.37. The first-order valence-corrected chi connectivity index (χ1v) is 4.74. The van der Waals surface area contributed by atoms with Crippen LogP contribution < -0.4 is 4.74 Å². The van der Waals surface area contributed by atoms with E-state index in [-0.39, 0.29) is 0 Å². The Hall–Kier alpha value is -1.02. The lowest BCUT2D eigenvalue weighted by Crippen LogP contribution is -1.89. The van der Waals surface area contributed by atoms with Gasteiger partial charge in [-0.2, -0.15) is 0 Å². The first-order valence-electron chi connectivity index (χ1n) is 3.92. The molecule has 0 saturated carbocycles. The molecule has 1 heterocycles. The maximum Gasteiger partial charge on any atom is 0.119 e. The topological polar surface area (TPSA) is 9.23 Å². The predicted octanol–water partition coefficient (Wildman–Crippen LogP) is 3.10. The van der Waals surface area contributed by atoms with Gasteiger partial charge >= 0.3 is 0 Å². The number of thiophene rings is 1. The lowest BCUT2D eigenvalue weighted by Gasteiger charge is -2.01. The van der Waals surface area contributed by atoms with Gasteiger partial charge in [0.05, 0.1) is 6.61 Å². The summed E-state index contributed by atoms with van der Waals surface area (Å²) in [5.74, 6) is 0.941. The summed E-state index contributed by atoms with van der Waals surface area (Å²) in [7, 11) is 0. The minimum absolute atomic E-state index is 0.722. The van der Waals surface area contributed by atoms with Crippen molar-refractivity contribution in [3.05, 3.63) is 29.6 Å². The lowest BCUT2D eigenvalue weighted by atomic mass is 10.2. The Bertz CT molecular complexity index is 378. The molecule has 0 amide bonds. The minimum atomic E-state index is 0.722. The molecule has 1 nitrogen and oxygen atoms in total. The van der Waals surface area contributed by atoms with Crippen LogP contribution >= 0.6 is 11.3 Å². The van der Waals surface area contributed by atoms with Crippen molar-refractivity contribution >= 4 is 21.4 Å². The van der Waals surface area contributed by atoms with Crippen LogP contribution in [0.4, 0.5) is 0 Å². The summed E-state index contributed by atoms with van der Waals surface area (Å²) in [5.41, 5.74) is 0. The van der Waals surface area contributed by atoms with Crippen LogP contribution in [0, 0.1) is 5.38 Å². The van der Waals surface area contributed by atoms with Crippen molar-refractivity contribution in [2.24, 2.45) is 0 Å². The smallest absolute Gasteiger partial charge is 0.119 e. The average Bonchev–Trinajstić information content (AvgIpc) is 2.51. The van der Waals surface area contributed by atoms with Crippen LogP contribution in [0.25, 0.3) is 10.1 Å². The quantitative estimate of drug-likeness (QED) is 0.685. The standard InChI is InChI=1S/C10H9OS/c1-2-11-9-3-4-10-8(7-9)5-6-12-10/h3-5,7H,2H2,1H3. The minimum Gasteiger partial charge on any atom is -0.494 e. The predicted molar refractivity (Wildman–Crippen MR) is 51.8 cm³/mol. The monoisotopic (exact) mass is 177 g/mol. The second-order valence-electron chi connectivity index (χ2n) is 2.50. The normalized spacial score (nSPS) is 10.4. The summed E-state index contributed by atoms with van der Waals surface area (Å²) >= 11 is 1.63. The second-order valence-corrected chi connectivity index (χ2v) is 3.38. The van der Waals surface area contributed by atoms with Crippen molar-refractivity contribution in [3.8, 4) is 5.75 Å². The van der Waals surface area contributed by atoms with Gasteiger partial charge in [0.25, 0.3) is 0 Å². The van der Waals surface area contributed by atoms with Crippen LogP contribution in [0.3, 0.4) is 0 Å². The van der Waals surface area contributed by atoms with Crippen molar-refractivity contribution in [3.63, 3.8) is 0 Å². The van der Waals surface area contributed by atoms with Gasteiger partial charge in [-0.15, -0.1) is 11.3 Å². The molecule has 0 fully saturated rings. The molecule has 0 spiro atoms. The van der Waals surface area contributed by atoms with Gasteiger partial charge in [0.2, 0.25) is 0 Å². The van der Waals surface area contributed by atoms with E-state index in [1.54, 1.807) is 11.3 Å². The zero-order valence-electron chi connectivity index (χ0n) is 6.83. The third kappa shape index (κ3) is 1.30. The van der Waals surface area contributed by atoms with Gasteiger partial charge in [-0.05, 0) is 36.6 Å².